The molecule has 0 saturated heterocycles. The van der Waals surface area contributed by atoms with Gasteiger partial charge in [-0.1, -0.05) is 13.8 Å². The Morgan fingerprint density at radius 2 is 1.78 bits per heavy atom. The van der Waals surface area contributed by atoms with Crippen LogP contribution in [0.25, 0.3) is 17.1 Å². The molecule has 1 amide bonds. The minimum Gasteiger partial charge on any atom is -0.346 e. The maximum Gasteiger partial charge on any atom is 0.251 e. The van der Waals surface area contributed by atoms with Crippen molar-refractivity contribution in [1.82, 2.24) is 45.5 Å². The lowest BCUT2D eigenvalue weighted by Gasteiger charge is -2.12. The number of hydrogen-bond acceptors (Lipinski definition) is 8. The molecule has 0 fully saturated rings. The summed E-state index contributed by atoms with van der Waals surface area (Å²) >= 11 is 0. The Morgan fingerprint density at radius 3 is 2.47 bits per heavy atom. The molecule has 1 aromatic carbocycles. The maximum absolute atomic E-state index is 13.0. The molecule has 0 aliphatic heterocycles. The molecule has 10 heteroatoms. The predicted molar refractivity (Wildman–Crippen MR) is 117 cm³/mol. The van der Waals surface area contributed by atoms with Gasteiger partial charge in [-0.2, -0.15) is 4.68 Å². The molecule has 0 saturated carbocycles. The van der Waals surface area contributed by atoms with Crippen LogP contribution in [0.3, 0.4) is 0 Å². The van der Waals surface area contributed by atoms with Gasteiger partial charge in [0.1, 0.15) is 0 Å². The molecule has 1 N–H and O–H groups in total. The van der Waals surface area contributed by atoms with E-state index in [-0.39, 0.29) is 18.4 Å². The molecule has 0 aliphatic rings. The Kier molecular flexibility index (Phi) is 5.93. The molecule has 0 aliphatic carbocycles. The van der Waals surface area contributed by atoms with E-state index in [4.69, 9.17) is 0 Å². The number of carbonyl (C=O) groups excluding carboxylic acids is 1. The third-order valence-electron chi connectivity index (χ3n) is 4.74. The lowest BCUT2D eigenvalue weighted by atomic mass is 10.1. The second-order valence-corrected chi connectivity index (χ2v) is 7.79. The first-order valence-electron chi connectivity index (χ1n) is 10.2. The van der Waals surface area contributed by atoms with E-state index in [0.29, 0.717) is 34.2 Å². The van der Waals surface area contributed by atoms with E-state index in [1.165, 1.54) is 0 Å². The first kappa shape index (κ1) is 21.2. The number of aryl methyl sites for hydroxylation is 2. The van der Waals surface area contributed by atoms with Crippen LogP contribution < -0.4 is 5.32 Å². The highest BCUT2D eigenvalue weighted by Crippen LogP contribution is 2.23. The van der Waals surface area contributed by atoms with Gasteiger partial charge in [-0.15, -0.1) is 5.10 Å². The first-order valence-corrected chi connectivity index (χ1v) is 10.2. The summed E-state index contributed by atoms with van der Waals surface area (Å²) < 4.78 is 1.63. The SMILES string of the molecule is Cc1cnc(-c2cc(C(=O)NCc3cnc(C)cn3)cc(-n3nnnc3C(C)C)c2)nc1. The summed E-state index contributed by atoms with van der Waals surface area (Å²) in [6.07, 6.45) is 6.79. The van der Waals surface area contributed by atoms with E-state index < -0.39 is 0 Å². The second-order valence-electron chi connectivity index (χ2n) is 7.79. The largest absolute Gasteiger partial charge is 0.346 e. The molecule has 4 rings (SSSR count). The molecule has 0 spiro atoms. The van der Waals surface area contributed by atoms with Gasteiger partial charge in [-0.3, -0.25) is 14.8 Å². The number of benzene rings is 1. The Labute approximate surface area is 185 Å². The Morgan fingerprint density at radius 1 is 1.00 bits per heavy atom. The van der Waals surface area contributed by atoms with Crippen LogP contribution in [-0.2, 0) is 6.54 Å². The third kappa shape index (κ3) is 4.64. The van der Waals surface area contributed by atoms with Crippen molar-refractivity contribution in [3.8, 4) is 17.1 Å². The number of nitrogens with one attached hydrogen (secondary N) is 1. The van der Waals surface area contributed by atoms with Crippen molar-refractivity contribution in [3.05, 3.63) is 71.3 Å². The highest BCUT2D eigenvalue weighted by molar-refractivity contribution is 5.96. The summed E-state index contributed by atoms with van der Waals surface area (Å²) in [7, 11) is 0. The van der Waals surface area contributed by atoms with Crippen LogP contribution in [0.15, 0.2) is 43.0 Å². The van der Waals surface area contributed by atoms with Crippen LogP contribution in [0.5, 0.6) is 0 Å². The van der Waals surface area contributed by atoms with Gasteiger partial charge in [-0.25, -0.2) is 9.97 Å². The Balaban J connectivity index is 1.71. The minimum atomic E-state index is -0.262. The van der Waals surface area contributed by atoms with Gasteiger partial charge in [-0.05, 0) is 48.0 Å². The van der Waals surface area contributed by atoms with Crippen LogP contribution in [0, 0.1) is 13.8 Å². The lowest BCUT2D eigenvalue weighted by molar-refractivity contribution is 0.0950. The van der Waals surface area contributed by atoms with Gasteiger partial charge in [0.2, 0.25) is 0 Å². The fourth-order valence-corrected chi connectivity index (χ4v) is 3.06. The Bertz CT molecular complexity index is 1230. The zero-order chi connectivity index (χ0) is 22.7. The van der Waals surface area contributed by atoms with Gasteiger partial charge >= 0.3 is 0 Å². The molecule has 3 heterocycles. The van der Waals surface area contributed by atoms with Gasteiger partial charge in [0.15, 0.2) is 11.6 Å². The summed E-state index contributed by atoms with van der Waals surface area (Å²) in [6.45, 7) is 8.05. The van der Waals surface area contributed by atoms with Gasteiger partial charge in [0.05, 0.1) is 29.8 Å². The summed E-state index contributed by atoms with van der Waals surface area (Å²) in [5.74, 6) is 1.03. The smallest absolute Gasteiger partial charge is 0.251 e. The van der Waals surface area contributed by atoms with E-state index in [1.54, 1.807) is 41.6 Å². The molecule has 0 unspecified atom stereocenters. The lowest BCUT2D eigenvalue weighted by Crippen LogP contribution is -2.24. The monoisotopic (exact) mass is 429 g/mol. The fraction of sp³-hybridized carbons (Fsp3) is 0.273. The van der Waals surface area contributed by atoms with Crippen molar-refractivity contribution in [2.45, 2.75) is 40.2 Å². The van der Waals surface area contributed by atoms with Crippen LogP contribution in [0.1, 0.15) is 52.9 Å². The summed E-state index contributed by atoms with van der Waals surface area (Å²) in [5.41, 5.74) is 4.22. The first-order chi connectivity index (χ1) is 15.4. The number of carbonyl (C=O) groups is 1. The topological polar surface area (TPSA) is 124 Å². The van der Waals surface area contributed by atoms with Gasteiger partial charge in [0.25, 0.3) is 5.91 Å². The molecule has 0 bridgehead atoms. The second kappa shape index (κ2) is 8.96. The highest BCUT2D eigenvalue weighted by atomic mass is 16.1. The van der Waals surface area contributed by atoms with Crippen LogP contribution >= 0.6 is 0 Å². The predicted octanol–water partition coefficient (Wildman–Crippen LogP) is 2.58. The van der Waals surface area contributed by atoms with E-state index >= 15 is 0 Å². The number of amides is 1. The van der Waals surface area contributed by atoms with Crippen molar-refractivity contribution >= 4 is 5.91 Å². The third-order valence-corrected chi connectivity index (χ3v) is 4.74. The van der Waals surface area contributed by atoms with Crippen molar-refractivity contribution in [3.63, 3.8) is 0 Å². The minimum absolute atomic E-state index is 0.0988. The Hall–Kier alpha value is -4.08. The number of nitrogens with zero attached hydrogens (tertiary/aromatic N) is 8. The van der Waals surface area contributed by atoms with Crippen LogP contribution in [-0.4, -0.2) is 46.1 Å². The molecular formula is C22H23N9O. The number of aromatic nitrogens is 8. The molecular weight excluding hydrogens is 406 g/mol. The fourth-order valence-electron chi connectivity index (χ4n) is 3.06. The van der Waals surface area contributed by atoms with Crippen molar-refractivity contribution < 1.29 is 4.79 Å². The van der Waals surface area contributed by atoms with E-state index in [0.717, 1.165) is 11.3 Å². The van der Waals surface area contributed by atoms with Crippen LogP contribution in [0.2, 0.25) is 0 Å². The summed E-state index contributed by atoms with van der Waals surface area (Å²) in [6, 6.07) is 5.37. The summed E-state index contributed by atoms with van der Waals surface area (Å²) in [4.78, 5) is 30.3. The number of rotatable bonds is 6. The highest BCUT2D eigenvalue weighted by Gasteiger charge is 2.17. The average Bonchev–Trinajstić information content (AvgIpc) is 3.29. The van der Waals surface area contributed by atoms with Crippen LogP contribution in [0.4, 0.5) is 0 Å². The van der Waals surface area contributed by atoms with Crippen molar-refractivity contribution in [2.24, 2.45) is 0 Å². The quantitative estimate of drug-likeness (QED) is 0.496. The van der Waals surface area contributed by atoms with E-state index in [9.17, 15) is 4.79 Å². The zero-order valence-electron chi connectivity index (χ0n) is 18.3. The molecule has 4 aromatic rings. The molecule has 32 heavy (non-hydrogen) atoms. The number of tetrazole rings is 1. The zero-order valence-corrected chi connectivity index (χ0v) is 18.3. The van der Waals surface area contributed by atoms with Gasteiger partial charge in [0, 0.05) is 35.6 Å². The summed E-state index contributed by atoms with van der Waals surface area (Å²) in [5, 5.41) is 14.9. The molecule has 3 aromatic heterocycles. The van der Waals surface area contributed by atoms with E-state index in [2.05, 4.69) is 40.8 Å². The molecule has 0 atom stereocenters. The normalized spacial score (nSPS) is 11.0. The molecule has 10 nitrogen and oxygen atoms in total. The number of hydrogen-bond donors (Lipinski definition) is 1. The van der Waals surface area contributed by atoms with Crippen molar-refractivity contribution in [2.75, 3.05) is 0 Å². The maximum atomic E-state index is 13.0. The van der Waals surface area contributed by atoms with E-state index in [1.807, 2.05) is 33.8 Å². The standard InChI is InChI=1S/C22H23N9O/c1-13(2)21-28-29-30-31(21)19-6-16(20-25-8-14(3)9-26-20)5-17(7-19)22(32)27-12-18-11-23-15(4)10-24-18/h5-11,13H,12H2,1-4H3,(H,27,32). The average molecular weight is 429 g/mol. The van der Waals surface area contributed by atoms with Crippen molar-refractivity contribution in [1.29, 1.82) is 0 Å². The van der Waals surface area contributed by atoms with Gasteiger partial charge < -0.3 is 5.32 Å². The molecule has 0 radical (unpaired) electrons. The molecule has 162 valence electrons.